The summed E-state index contributed by atoms with van der Waals surface area (Å²) in [6.07, 6.45) is 0. The number of benzene rings is 1. The SMILES string of the molecule is O=C(c1ccc(=O)[nH]n1)N1CCN(c2ccc(-c3ccc4c(c3)OCO4)nn2)CC1. The van der Waals surface area contributed by atoms with Crippen LogP contribution in [0.15, 0.2) is 47.3 Å². The molecule has 0 aliphatic carbocycles. The molecule has 1 saturated heterocycles. The number of aromatic amines is 1. The van der Waals surface area contributed by atoms with Gasteiger partial charge in [-0.15, -0.1) is 10.2 Å². The second-order valence-electron chi connectivity index (χ2n) is 6.93. The Bertz CT molecular complexity index is 1120. The van der Waals surface area contributed by atoms with Crippen LogP contribution in [0.1, 0.15) is 10.5 Å². The zero-order chi connectivity index (χ0) is 20.5. The molecule has 0 radical (unpaired) electrons. The largest absolute Gasteiger partial charge is 0.454 e. The number of anilines is 1. The van der Waals surface area contributed by atoms with Crippen LogP contribution in [-0.2, 0) is 0 Å². The van der Waals surface area contributed by atoms with Crippen molar-refractivity contribution in [3.05, 3.63) is 58.5 Å². The highest BCUT2D eigenvalue weighted by Gasteiger charge is 2.24. The normalized spacial score (nSPS) is 15.3. The van der Waals surface area contributed by atoms with E-state index in [0.29, 0.717) is 31.9 Å². The fourth-order valence-electron chi connectivity index (χ4n) is 3.47. The summed E-state index contributed by atoms with van der Waals surface area (Å²) in [5.74, 6) is 1.99. The number of rotatable bonds is 3. The van der Waals surface area contributed by atoms with Gasteiger partial charge in [0.15, 0.2) is 17.3 Å². The lowest BCUT2D eigenvalue weighted by molar-refractivity contribution is 0.0739. The van der Waals surface area contributed by atoms with Crippen LogP contribution < -0.4 is 19.9 Å². The summed E-state index contributed by atoms with van der Waals surface area (Å²) >= 11 is 0. The van der Waals surface area contributed by atoms with Crippen LogP contribution in [0.4, 0.5) is 5.82 Å². The van der Waals surface area contributed by atoms with Gasteiger partial charge in [-0.3, -0.25) is 9.59 Å². The lowest BCUT2D eigenvalue weighted by Crippen LogP contribution is -2.49. The molecule has 2 aromatic heterocycles. The summed E-state index contributed by atoms with van der Waals surface area (Å²) in [6, 6.07) is 12.3. The first-order valence-electron chi connectivity index (χ1n) is 9.51. The fraction of sp³-hybridized carbons (Fsp3) is 0.250. The molecule has 10 nitrogen and oxygen atoms in total. The number of hydrogen-bond acceptors (Lipinski definition) is 8. The molecule has 2 aliphatic rings. The Labute approximate surface area is 171 Å². The Morgan fingerprint density at radius 3 is 2.50 bits per heavy atom. The zero-order valence-electron chi connectivity index (χ0n) is 15.9. The van der Waals surface area contributed by atoms with Crippen molar-refractivity contribution < 1.29 is 14.3 Å². The third-order valence-electron chi connectivity index (χ3n) is 5.11. The van der Waals surface area contributed by atoms with Crippen molar-refractivity contribution in [3.8, 4) is 22.8 Å². The summed E-state index contributed by atoms with van der Waals surface area (Å²) in [4.78, 5) is 27.4. The molecule has 10 heteroatoms. The highest BCUT2D eigenvalue weighted by atomic mass is 16.7. The van der Waals surface area contributed by atoms with Crippen molar-refractivity contribution in [2.45, 2.75) is 0 Å². The van der Waals surface area contributed by atoms with Gasteiger partial charge in [0.2, 0.25) is 6.79 Å². The highest BCUT2D eigenvalue weighted by Crippen LogP contribution is 2.35. The minimum absolute atomic E-state index is 0.199. The van der Waals surface area contributed by atoms with Gasteiger partial charge < -0.3 is 19.3 Å². The number of hydrogen-bond donors (Lipinski definition) is 1. The Balaban J connectivity index is 1.24. The van der Waals surface area contributed by atoms with Crippen LogP contribution in [-0.4, -0.2) is 64.2 Å². The maximum Gasteiger partial charge on any atom is 0.274 e. The number of H-pyrrole nitrogens is 1. The Morgan fingerprint density at radius 2 is 1.77 bits per heavy atom. The van der Waals surface area contributed by atoms with Crippen LogP contribution in [0.25, 0.3) is 11.3 Å². The molecule has 152 valence electrons. The second-order valence-corrected chi connectivity index (χ2v) is 6.93. The molecular weight excluding hydrogens is 388 g/mol. The summed E-state index contributed by atoms with van der Waals surface area (Å²) in [5, 5.41) is 14.8. The maximum absolute atomic E-state index is 12.5. The molecule has 1 aromatic carbocycles. The van der Waals surface area contributed by atoms with Crippen LogP contribution in [0.2, 0.25) is 0 Å². The summed E-state index contributed by atoms with van der Waals surface area (Å²) < 4.78 is 10.7. The standard InChI is InChI=1S/C20H18N6O4/c27-19-6-3-15(22-24-19)20(28)26-9-7-25(8-10-26)18-5-2-14(21-23-18)13-1-4-16-17(11-13)30-12-29-16/h1-6,11H,7-10,12H2,(H,24,27). The molecule has 1 fully saturated rings. The van der Waals surface area contributed by atoms with Crippen LogP contribution in [0.3, 0.4) is 0 Å². The van der Waals surface area contributed by atoms with Gasteiger partial charge >= 0.3 is 0 Å². The molecule has 0 atom stereocenters. The van der Waals surface area contributed by atoms with E-state index in [0.717, 1.165) is 22.8 Å². The molecule has 0 saturated carbocycles. The van der Waals surface area contributed by atoms with Gasteiger partial charge in [0.1, 0.15) is 5.69 Å². The minimum atomic E-state index is -0.334. The van der Waals surface area contributed by atoms with Crippen molar-refractivity contribution >= 4 is 11.7 Å². The lowest BCUT2D eigenvalue weighted by atomic mass is 10.1. The molecule has 0 spiro atoms. The number of piperazine rings is 1. The fourth-order valence-corrected chi connectivity index (χ4v) is 3.47. The highest BCUT2D eigenvalue weighted by molar-refractivity contribution is 5.92. The van der Waals surface area contributed by atoms with Gasteiger partial charge in [0, 0.05) is 37.8 Å². The molecule has 5 rings (SSSR count). The first-order chi connectivity index (χ1) is 14.7. The van der Waals surface area contributed by atoms with Gasteiger partial charge in [-0.2, -0.15) is 5.10 Å². The van der Waals surface area contributed by atoms with E-state index in [2.05, 4.69) is 25.3 Å². The van der Waals surface area contributed by atoms with E-state index in [1.807, 2.05) is 30.3 Å². The average Bonchev–Trinajstić information content (AvgIpc) is 3.27. The first-order valence-corrected chi connectivity index (χ1v) is 9.51. The predicted octanol–water partition coefficient (Wildman–Crippen LogP) is 0.918. The Kier molecular flexibility index (Phi) is 4.51. The Morgan fingerprint density at radius 1 is 0.933 bits per heavy atom. The van der Waals surface area contributed by atoms with E-state index < -0.39 is 0 Å². The lowest BCUT2D eigenvalue weighted by Gasteiger charge is -2.34. The van der Waals surface area contributed by atoms with Crippen molar-refractivity contribution in [2.75, 3.05) is 37.9 Å². The van der Waals surface area contributed by atoms with Gasteiger partial charge in [0.25, 0.3) is 11.5 Å². The molecule has 30 heavy (non-hydrogen) atoms. The molecule has 0 bridgehead atoms. The smallest absolute Gasteiger partial charge is 0.274 e. The molecule has 2 aliphatic heterocycles. The van der Waals surface area contributed by atoms with Gasteiger partial charge in [0.05, 0.1) is 5.69 Å². The topological polar surface area (TPSA) is 114 Å². The van der Waals surface area contributed by atoms with Crippen LogP contribution in [0.5, 0.6) is 11.5 Å². The van der Waals surface area contributed by atoms with Crippen molar-refractivity contribution in [1.29, 1.82) is 0 Å². The molecule has 1 amide bonds. The van der Waals surface area contributed by atoms with Crippen LogP contribution in [0, 0.1) is 0 Å². The Hall–Kier alpha value is -3.95. The molecule has 3 aromatic rings. The number of carbonyl (C=O) groups is 1. The van der Waals surface area contributed by atoms with E-state index >= 15 is 0 Å². The molecule has 4 heterocycles. The minimum Gasteiger partial charge on any atom is -0.454 e. The van der Waals surface area contributed by atoms with Crippen molar-refractivity contribution in [3.63, 3.8) is 0 Å². The van der Waals surface area contributed by atoms with E-state index in [4.69, 9.17) is 9.47 Å². The predicted molar refractivity (Wildman–Crippen MR) is 107 cm³/mol. The average molecular weight is 406 g/mol. The third-order valence-corrected chi connectivity index (χ3v) is 5.11. The number of ether oxygens (including phenoxy) is 2. The second kappa shape index (κ2) is 7.47. The molecular formula is C20H18N6O4. The van der Waals surface area contributed by atoms with Gasteiger partial charge in [-0.1, -0.05) is 0 Å². The molecule has 0 unspecified atom stereocenters. The number of amides is 1. The van der Waals surface area contributed by atoms with E-state index in [1.54, 1.807) is 4.90 Å². The van der Waals surface area contributed by atoms with Crippen molar-refractivity contribution in [2.24, 2.45) is 0 Å². The van der Waals surface area contributed by atoms with E-state index in [-0.39, 0.29) is 24.0 Å². The third kappa shape index (κ3) is 3.43. The first kappa shape index (κ1) is 18.1. The van der Waals surface area contributed by atoms with Gasteiger partial charge in [-0.25, -0.2) is 5.10 Å². The van der Waals surface area contributed by atoms with E-state index in [1.165, 1.54) is 12.1 Å². The van der Waals surface area contributed by atoms with E-state index in [9.17, 15) is 9.59 Å². The number of nitrogens with zero attached hydrogens (tertiary/aromatic N) is 5. The quantitative estimate of drug-likeness (QED) is 0.683. The van der Waals surface area contributed by atoms with Crippen LogP contribution >= 0.6 is 0 Å². The summed E-state index contributed by atoms with van der Waals surface area (Å²) in [7, 11) is 0. The summed E-state index contributed by atoms with van der Waals surface area (Å²) in [5.41, 5.74) is 1.55. The molecule has 1 N–H and O–H groups in total. The number of aromatic nitrogens is 4. The summed E-state index contributed by atoms with van der Waals surface area (Å²) in [6.45, 7) is 2.56. The van der Waals surface area contributed by atoms with Crippen molar-refractivity contribution in [1.82, 2.24) is 25.3 Å². The maximum atomic E-state index is 12.5. The monoisotopic (exact) mass is 406 g/mol. The van der Waals surface area contributed by atoms with Gasteiger partial charge in [-0.05, 0) is 36.4 Å². The zero-order valence-corrected chi connectivity index (χ0v) is 15.9. The number of nitrogens with one attached hydrogen (secondary N) is 1. The number of fused-ring (bicyclic) bond motifs is 1. The number of carbonyl (C=O) groups excluding carboxylic acids is 1.